The van der Waals surface area contributed by atoms with E-state index in [1.54, 1.807) is 41.5 Å². The zero-order chi connectivity index (χ0) is 47.5. The number of carbonyl (C=O) groups excluding carboxylic acids is 1. The van der Waals surface area contributed by atoms with Crippen LogP contribution in [0.5, 0.6) is 5.88 Å². The molecule has 19 nitrogen and oxygen atoms in total. The number of aromatic nitrogens is 2. The van der Waals surface area contributed by atoms with Crippen molar-refractivity contribution in [2.24, 2.45) is 22.7 Å². The number of rotatable bonds is 11. The van der Waals surface area contributed by atoms with Crippen molar-refractivity contribution in [2.75, 3.05) is 40.9 Å². The first kappa shape index (κ1) is 52.2. The molecule has 18 atom stereocenters. The van der Waals surface area contributed by atoms with Crippen molar-refractivity contribution in [1.82, 2.24) is 25.5 Å². The van der Waals surface area contributed by atoms with Gasteiger partial charge in [0.25, 0.3) is 6.02 Å². The molecule has 19 heteroatoms. The second-order valence-electron chi connectivity index (χ2n) is 19.3. The molecule has 366 valence electrons. The lowest BCUT2D eigenvalue weighted by Crippen LogP contribution is -2.70. The van der Waals surface area contributed by atoms with Crippen LogP contribution in [-0.4, -0.2) is 178 Å². The number of methoxy groups -OCH3 is 2. The van der Waals surface area contributed by atoms with E-state index < -0.39 is 95.5 Å². The Morgan fingerprint density at radius 1 is 0.984 bits per heavy atom. The number of aliphatic imine (C=N–C) groups is 1. The van der Waals surface area contributed by atoms with Crippen molar-refractivity contribution in [2.45, 2.75) is 192 Å². The summed E-state index contributed by atoms with van der Waals surface area (Å²) in [6, 6.07) is -0.560. The molecule has 6 N–H and O–H groups in total. The molecule has 0 saturated carbocycles. The average molecular weight is 911 g/mol. The van der Waals surface area contributed by atoms with E-state index in [-0.39, 0.29) is 49.9 Å². The Labute approximate surface area is 379 Å². The van der Waals surface area contributed by atoms with Crippen LogP contribution < -0.4 is 15.4 Å². The topological polar surface area (TPSA) is 237 Å². The highest BCUT2D eigenvalue weighted by Gasteiger charge is 2.59. The summed E-state index contributed by atoms with van der Waals surface area (Å²) in [6.45, 7) is 20.8. The second-order valence-corrected chi connectivity index (χ2v) is 19.3. The summed E-state index contributed by atoms with van der Waals surface area (Å²) >= 11 is 0. The van der Waals surface area contributed by atoms with Gasteiger partial charge in [-0.15, -0.1) is 0 Å². The zero-order valence-corrected chi connectivity index (χ0v) is 40.4. The predicted octanol–water partition coefficient (Wildman–Crippen LogP) is 2.43. The van der Waals surface area contributed by atoms with Gasteiger partial charge in [0.2, 0.25) is 5.88 Å². The average Bonchev–Trinajstić information content (AvgIpc) is 3.56. The molecular formula is C45H78N6O13. The summed E-state index contributed by atoms with van der Waals surface area (Å²) in [4.78, 5) is 29.6. The van der Waals surface area contributed by atoms with Crippen LogP contribution in [-0.2, 0) is 38.0 Å². The van der Waals surface area contributed by atoms with Crippen molar-refractivity contribution in [1.29, 1.82) is 0 Å². The molecule has 4 aliphatic rings. The lowest BCUT2D eigenvalue weighted by atomic mass is 9.75. The number of fused-ring (bicyclic) bond motifs is 1. The number of nitrogens with one attached hydrogen (secondary N) is 2. The molecule has 5 rings (SSSR count). The first-order valence-electron chi connectivity index (χ1n) is 23.0. The molecule has 1 aromatic rings. The molecule has 64 heavy (non-hydrogen) atoms. The molecule has 0 bridgehead atoms. The van der Waals surface area contributed by atoms with Crippen LogP contribution in [0.3, 0.4) is 0 Å². The maximum Gasteiger partial charge on any atom is 0.311 e. The summed E-state index contributed by atoms with van der Waals surface area (Å²) in [6.07, 6.45) is -4.34. The Bertz CT molecular complexity index is 1710. The number of ether oxygens (including phenoxy) is 8. The number of esters is 1. The quantitative estimate of drug-likeness (QED) is 0.175. The molecule has 0 radical (unpaired) electrons. The second kappa shape index (κ2) is 21.0. The predicted molar refractivity (Wildman–Crippen MR) is 236 cm³/mol. The monoisotopic (exact) mass is 911 g/mol. The minimum atomic E-state index is -1.83. The Hall–Kier alpha value is -2.82. The van der Waals surface area contributed by atoms with E-state index in [9.17, 15) is 25.2 Å². The van der Waals surface area contributed by atoms with E-state index in [4.69, 9.17) is 37.9 Å². The highest BCUT2D eigenvalue weighted by atomic mass is 16.7. The van der Waals surface area contributed by atoms with E-state index in [1.165, 1.54) is 33.5 Å². The number of carbonyl (C=O) groups is 1. The van der Waals surface area contributed by atoms with Crippen LogP contribution in [0, 0.1) is 17.8 Å². The van der Waals surface area contributed by atoms with Gasteiger partial charge < -0.3 is 73.9 Å². The fraction of sp³-hybridized carbons (Fsp3) is 0.867. The normalized spacial score (nSPS) is 44.6. The number of likely N-dealkylation sites (N-methyl/N-ethyl adjacent to an activating group) is 2. The summed E-state index contributed by atoms with van der Waals surface area (Å²) in [7, 11) is 4.91. The molecule has 0 aliphatic carbocycles. The lowest BCUT2D eigenvalue weighted by Gasteiger charge is -2.53. The fourth-order valence-electron chi connectivity index (χ4n) is 10.1. The van der Waals surface area contributed by atoms with Gasteiger partial charge in [-0.25, -0.2) is 9.97 Å². The van der Waals surface area contributed by atoms with E-state index in [1.807, 2.05) is 39.6 Å². The van der Waals surface area contributed by atoms with Crippen molar-refractivity contribution < 1.29 is 63.1 Å². The smallest absolute Gasteiger partial charge is 0.311 e. The number of hydrogen-bond acceptors (Lipinski definition) is 18. The molecule has 0 spiro atoms. The Balaban J connectivity index is 1.57. The zero-order valence-electron chi connectivity index (χ0n) is 40.4. The first-order valence-corrected chi connectivity index (χ1v) is 23.0. The largest absolute Gasteiger partial charge is 0.480 e. The number of hydrogen-bond donors (Lipinski definition) is 6. The van der Waals surface area contributed by atoms with E-state index in [0.29, 0.717) is 31.2 Å². The van der Waals surface area contributed by atoms with Crippen molar-refractivity contribution in [3.63, 3.8) is 0 Å². The van der Waals surface area contributed by atoms with Crippen LogP contribution in [0.15, 0.2) is 17.4 Å². The highest BCUT2D eigenvalue weighted by Crippen LogP contribution is 2.44. The summed E-state index contributed by atoms with van der Waals surface area (Å²) < 4.78 is 50.8. The summed E-state index contributed by atoms with van der Waals surface area (Å²) in [5.74, 6) is -2.07. The summed E-state index contributed by atoms with van der Waals surface area (Å²) in [5.41, 5.74) is -6.04. The fourth-order valence-corrected chi connectivity index (χ4v) is 10.1. The third kappa shape index (κ3) is 11.0. The molecular weight excluding hydrogens is 833 g/mol. The van der Waals surface area contributed by atoms with Gasteiger partial charge in [-0.1, -0.05) is 27.7 Å². The minimum Gasteiger partial charge on any atom is -0.480 e. The Morgan fingerprint density at radius 3 is 2.30 bits per heavy atom. The Kier molecular flexibility index (Phi) is 17.1. The molecule has 0 aromatic carbocycles. The minimum absolute atomic E-state index is 0.0790. The third-order valence-electron chi connectivity index (χ3n) is 14.2. The van der Waals surface area contributed by atoms with Crippen LogP contribution in [0.4, 0.5) is 5.82 Å². The molecule has 4 aliphatic heterocycles. The van der Waals surface area contributed by atoms with Gasteiger partial charge in [-0.3, -0.25) is 4.79 Å². The first-order chi connectivity index (χ1) is 30.0. The van der Waals surface area contributed by atoms with Gasteiger partial charge in [-0.05, 0) is 86.7 Å². The van der Waals surface area contributed by atoms with Gasteiger partial charge in [0.1, 0.15) is 29.0 Å². The van der Waals surface area contributed by atoms with Crippen molar-refractivity contribution in [3.05, 3.63) is 12.4 Å². The van der Waals surface area contributed by atoms with Crippen LogP contribution >= 0.6 is 0 Å². The maximum absolute atomic E-state index is 14.5. The molecule has 4 saturated heterocycles. The number of aliphatic hydroxyl groups is 4. The SMILES string of the molecule is CCNC[C@]1(O)[C@H](C)O[C@@H](O[C@H]2[C@H](C)[C@@H](O[C@@H]3O[C@H](C)C[C@H]4[C@H]3O/C(=N\c3cnc(OC)cn3)N4C)[C@](C)(O)C[C@@H](C)CN[C@H](C)[C@@H](O)[C@](C)(O)[C@@H](CC)OC(=O)[C@@H]2C)C[C@@]1(C)OC. The van der Waals surface area contributed by atoms with Gasteiger partial charge in [0.15, 0.2) is 24.5 Å². The van der Waals surface area contributed by atoms with Crippen molar-refractivity contribution in [3.8, 4) is 5.88 Å². The van der Waals surface area contributed by atoms with Crippen molar-refractivity contribution >= 4 is 17.8 Å². The Morgan fingerprint density at radius 2 is 1.69 bits per heavy atom. The number of cyclic esters (lactones) is 1. The third-order valence-corrected chi connectivity index (χ3v) is 14.2. The van der Waals surface area contributed by atoms with Gasteiger partial charge in [0, 0.05) is 39.1 Å². The molecule has 4 fully saturated rings. The number of amidine groups is 1. The highest BCUT2D eigenvalue weighted by molar-refractivity contribution is 5.79. The lowest BCUT2D eigenvalue weighted by molar-refractivity contribution is -0.335. The molecule has 0 unspecified atom stereocenters. The van der Waals surface area contributed by atoms with Crippen LogP contribution in [0.25, 0.3) is 0 Å². The van der Waals surface area contributed by atoms with E-state index in [0.717, 1.165) is 0 Å². The van der Waals surface area contributed by atoms with Crippen LogP contribution in [0.2, 0.25) is 0 Å². The summed E-state index contributed by atoms with van der Waals surface area (Å²) in [5, 5.41) is 54.7. The number of nitrogens with zero attached hydrogens (tertiary/aromatic N) is 4. The van der Waals surface area contributed by atoms with E-state index >= 15 is 0 Å². The van der Waals surface area contributed by atoms with E-state index in [2.05, 4.69) is 25.6 Å². The van der Waals surface area contributed by atoms with Gasteiger partial charge in [0.05, 0.1) is 61.5 Å². The molecule has 1 aromatic heterocycles. The van der Waals surface area contributed by atoms with Gasteiger partial charge in [-0.2, -0.15) is 4.99 Å². The standard InChI is InChI=1S/C45H78N6O13/c1-15-31-44(11,55)37(52)28(7)47-20-24(3)18-42(9,54)38(64-40-36-30(17-25(4)59-40)51(12)41(63-36)50-32-21-49-33(57-13)22-48-32)26(5)35(27(6)39(53)61-31)62-34-19-43(10,58-14)45(56,23-46-16-2)29(8)60-34/h21-22,24-31,34-38,40,46-47,52,54-56H,15-20,23H2,1-14H3/b50-41-/t24-,25-,26+,27-,28-,29+,30+,31-,34+,35+,36-,37-,38-,40+,42-,43-,44-,45+/m1/s1. The van der Waals surface area contributed by atoms with Gasteiger partial charge >= 0.3 is 5.97 Å². The molecule has 0 amide bonds. The number of aliphatic hydroxyl groups excluding tert-OH is 1. The maximum atomic E-state index is 14.5. The molecule has 5 heterocycles. The van der Waals surface area contributed by atoms with Crippen LogP contribution in [0.1, 0.15) is 102 Å².